The third-order valence-electron chi connectivity index (χ3n) is 1.84. The van der Waals surface area contributed by atoms with Gasteiger partial charge in [-0.3, -0.25) is 9.89 Å². The molecule has 0 radical (unpaired) electrons. The molecule has 7 nitrogen and oxygen atoms in total. The zero-order valence-corrected chi connectivity index (χ0v) is 7.82. The van der Waals surface area contributed by atoms with Crippen LogP contribution in [0.25, 0.3) is 0 Å². The Morgan fingerprint density at radius 3 is 3.07 bits per heavy atom. The summed E-state index contributed by atoms with van der Waals surface area (Å²) in [6.45, 7) is 0.387. The molecule has 0 aromatic carbocycles. The Labute approximate surface area is 85.1 Å². The van der Waals surface area contributed by atoms with Crippen LogP contribution in [0.3, 0.4) is 0 Å². The lowest BCUT2D eigenvalue weighted by atomic mass is 10.4. The standard InChI is InChI=1S/C8H10N6O/c9-7-1-6(13-14-7)8(15)11-3-5-2-10-4-12-5/h1-2,4H,3H2,(H,10,12)(H,11,15)(H3,9,13,14). The van der Waals surface area contributed by atoms with Crippen LogP contribution < -0.4 is 11.1 Å². The maximum absolute atomic E-state index is 11.5. The Kier molecular flexibility index (Phi) is 2.36. The van der Waals surface area contributed by atoms with Gasteiger partial charge in [0.05, 0.1) is 18.6 Å². The number of amides is 1. The van der Waals surface area contributed by atoms with Crippen molar-refractivity contribution in [2.24, 2.45) is 0 Å². The Bertz CT molecular complexity index is 445. The maximum Gasteiger partial charge on any atom is 0.269 e. The van der Waals surface area contributed by atoms with E-state index in [1.54, 1.807) is 12.5 Å². The van der Waals surface area contributed by atoms with E-state index < -0.39 is 0 Å². The van der Waals surface area contributed by atoms with E-state index in [0.717, 1.165) is 5.69 Å². The van der Waals surface area contributed by atoms with Crippen molar-refractivity contribution >= 4 is 11.7 Å². The van der Waals surface area contributed by atoms with Crippen molar-refractivity contribution in [3.05, 3.63) is 30.0 Å². The molecule has 0 unspecified atom stereocenters. The number of nitrogens with zero attached hydrogens (tertiary/aromatic N) is 2. The molecule has 0 bridgehead atoms. The van der Waals surface area contributed by atoms with E-state index in [-0.39, 0.29) is 5.91 Å². The molecule has 7 heteroatoms. The first-order chi connectivity index (χ1) is 7.25. The van der Waals surface area contributed by atoms with Crippen LogP contribution in [0, 0.1) is 0 Å². The topological polar surface area (TPSA) is 112 Å². The monoisotopic (exact) mass is 206 g/mol. The first-order valence-electron chi connectivity index (χ1n) is 4.32. The van der Waals surface area contributed by atoms with Gasteiger partial charge in [-0.2, -0.15) is 5.10 Å². The van der Waals surface area contributed by atoms with E-state index in [9.17, 15) is 4.79 Å². The average molecular weight is 206 g/mol. The van der Waals surface area contributed by atoms with Gasteiger partial charge in [-0.25, -0.2) is 4.98 Å². The van der Waals surface area contributed by atoms with Crippen molar-refractivity contribution < 1.29 is 4.79 Å². The minimum absolute atomic E-state index is 0.256. The van der Waals surface area contributed by atoms with Gasteiger partial charge in [-0.1, -0.05) is 0 Å². The van der Waals surface area contributed by atoms with E-state index >= 15 is 0 Å². The van der Waals surface area contributed by atoms with Crippen LogP contribution in [0.1, 0.15) is 16.2 Å². The van der Waals surface area contributed by atoms with Crippen molar-refractivity contribution in [2.75, 3.05) is 5.73 Å². The summed E-state index contributed by atoms with van der Waals surface area (Å²) < 4.78 is 0. The number of nitrogens with one attached hydrogen (secondary N) is 3. The number of imidazole rings is 1. The summed E-state index contributed by atoms with van der Waals surface area (Å²) in [7, 11) is 0. The third kappa shape index (κ3) is 2.13. The minimum Gasteiger partial charge on any atom is -0.382 e. The van der Waals surface area contributed by atoms with Gasteiger partial charge in [-0.05, 0) is 0 Å². The summed E-state index contributed by atoms with van der Waals surface area (Å²) in [4.78, 5) is 18.2. The lowest BCUT2D eigenvalue weighted by molar-refractivity contribution is 0.0945. The number of nitrogens with two attached hydrogens (primary N) is 1. The molecule has 0 saturated heterocycles. The quantitative estimate of drug-likeness (QED) is 0.549. The summed E-state index contributed by atoms with van der Waals surface area (Å²) in [5.41, 5.74) is 6.54. The molecule has 15 heavy (non-hydrogen) atoms. The Morgan fingerprint density at radius 2 is 2.47 bits per heavy atom. The third-order valence-corrected chi connectivity index (χ3v) is 1.84. The van der Waals surface area contributed by atoms with Crippen molar-refractivity contribution in [1.82, 2.24) is 25.5 Å². The summed E-state index contributed by atoms with van der Waals surface area (Å²) >= 11 is 0. The van der Waals surface area contributed by atoms with Gasteiger partial charge >= 0.3 is 0 Å². The van der Waals surface area contributed by atoms with Crippen LogP contribution >= 0.6 is 0 Å². The number of aromatic amines is 2. The van der Waals surface area contributed by atoms with E-state index in [1.807, 2.05) is 0 Å². The van der Waals surface area contributed by atoms with Gasteiger partial charge in [0.1, 0.15) is 11.5 Å². The van der Waals surface area contributed by atoms with Gasteiger partial charge < -0.3 is 16.0 Å². The van der Waals surface area contributed by atoms with Gasteiger partial charge in [0, 0.05) is 12.3 Å². The SMILES string of the molecule is Nc1cc(C(=O)NCc2cnc[nH]2)[nH]n1. The van der Waals surface area contributed by atoms with Crippen LogP contribution in [-0.2, 0) is 6.54 Å². The molecule has 2 rings (SSSR count). The fourth-order valence-electron chi connectivity index (χ4n) is 1.11. The average Bonchev–Trinajstić information content (AvgIpc) is 2.84. The van der Waals surface area contributed by atoms with Crippen molar-refractivity contribution in [1.29, 1.82) is 0 Å². The molecular formula is C8H10N6O. The number of nitrogen functional groups attached to an aromatic ring is 1. The maximum atomic E-state index is 11.5. The predicted molar refractivity (Wildman–Crippen MR) is 52.8 cm³/mol. The van der Waals surface area contributed by atoms with Gasteiger partial charge in [0.25, 0.3) is 5.91 Å². The summed E-state index contributed by atoms with van der Waals surface area (Å²) in [6.07, 6.45) is 3.19. The molecule has 2 heterocycles. The number of hydrogen-bond donors (Lipinski definition) is 4. The van der Waals surface area contributed by atoms with E-state index in [4.69, 9.17) is 5.73 Å². The van der Waals surface area contributed by atoms with Crippen LogP contribution in [0.15, 0.2) is 18.6 Å². The first-order valence-corrected chi connectivity index (χ1v) is 4.32. The van der Waals surface area contributed by atoms with Gasteiger partial charge in [0.2, 0.25) is 0 Å². The highest BCUT2D eigenvalue weighted by Gasteiger charge is 2.07. The van der Waals surface area contributed by atoms with Crippen LogP contribution in [0.2, 0.25) is 0 Å². The molecule has 78 valence electrons. The highest BCUT2D eigenvalue weighted by molar-refractivity contribution is 5.92. The Hall–Kier alpha value is -2.31. The zero-order valence-electron chi connectivity index (χ0n) is 7.82. The van der Waals surface area contributed by atoms with Crippen molar-refractivity contribution in [2.45, 2.75) is 6.54 Å². The fraction of sp³-hybridized carbons (Fsp3) is 0.125. The second-order valence-corrected chi connectivity index (χ2v) is 2.97. The fourth-order valence-corrected chi connectivity index (χ4v) is 1.11. The van der Waals surface area contributed by atoms with E-state index in [2.05, 4.69) is 25.5 Å². The van der Waals surface area contributed by atoms with Gasteiger partial charge in [0.15, 0.2) is 0 Å². The Morgan fingerprint density at radius 1 is 1.60 bits per heavy atom. The lowest BCUT2D eigenvalue weighted by Crippen LogP contribution is -2.23. The molecule has 0 aliphatic rings. The van der Waals surface area contributed by atoms with Crippen LogP contribution in [-0.4, -0.2) is 26.1 Å². The summed E-state index contributed by atoms with van der Waals surface area (Å²) in [6, 6.07) is 1.47. The number of hydrogen-bond acceptors (Lipinski definition) is 4. The molecule has 2 aromatic heterocycles. The molecule has 0 saturated carbocycles. The smallest absolute Gasteiger partial charge is 0.269 e. The molecule has 0 spiro atoms. The highest BCUT2D eigenvalue weighted by atomic mass is 16.1. The Balaban J connectivity index is 1.93. The van der Waals surface area contributed by atoms with Gasteiger partial charge in [-0.15, -0.1) is 0 Å². The van der Waals surface area contributed by atoms with E-state index in [1.165, 1.54) is 6.07 Å². The van der Waals surface area contributed by atoms with E-state index in [0.29, 0.717) is 18.1 Å². The molecule has 0 aliphatic carbocycles. The minimum atomic E-state index is -0.256. The van der Waals surface area contributed by atoms with Crippen molar-refractivity contribution in [3.63, 3.8) is 0 Å². The molecular weight excluding hydrogens is 196 g/mol. The molecule has 5 N–H and O–H groups in total. The van der Waals surface area contributed by atoms with Crippen LogP contribution in [0.4, 0.5) is 5.82 Å². The normalized spacial score (nSPS) is 10.1. The number of rotatable bonds is 3. The summed E-state index contributed by atoms with van der Waals surface area (Å²) in [5, 5.41) is 8.85. The molecule has 0 aliphatic heterocycles. The number of H-pyrrole nitrogens is 2. The van der Waals surface area contributed by atoms with Crippen molar-refractivity contribution in [3.8, 4) is 0 Å². The molecule has 0 atom stereocenters. The molecule has 2 aromatic rings. The zero-order chi connectivity index (χ0) is 10.7. The lowest BCUT2D eigenvalue weighted by Gasteiger charge is -2.00. The number of carbonyl (C=O) groups excluding carboxylic acids is 1. The molecule has 0 fully saturated rings. The number of aromatic nitrogens is 4. The second kappa shape index (κ2) is 3.82. The second-order valence-electron chi connectivity index (χ2n) is 2.97. The van der Waals surface area contributed by atoms with Crippen LogP contribution in [0.5, 0.6) is 0 Å². The largest absolute Gasteiger partial charge is 0.382 e. The summed E-state index contributed by atoms with van der Waals surface area (Å²) in [5.74, 6) is 0.0375. The first kappa shape index (κ1) is 9.25. The predicted octanol–water partition coefficient (Wildman–Crippen LogP) is -0.355. The highest BCUT2D eigenvalue weighted by Crippen LogP contribution is 2.00. The number of carbonyl (C=O) groups is 1. The molecule has 1 amide bonds. The number of anilines is 1.